The molecule has 0 atom stereocenters. The highest BCUT2D eigenvalue weighted by molar-refractivity contribution is 6.32. The van der Waals surface area contributed by atoms with Crippen molar-refractivity contribution in [1.29, 1.82) is 0 Å². The molecule has 200 valence electrons. The number of Topliss-reactive ketones (excluding diaryl/α,β-unsaturated/α-hetero) is 1. The molecule has 0 saturated carbocycles. The monoisotopic (exact) mass is 536 g/mol. The maximum Gasteiger partial charge on any atom is 0.320 e. The number of benzene rings is 3. The highest BCUT2D eigenvalue weighted by Gasteiger charge is 2.24. The summed E-state index contributed by atoms with van der Waals surface area (Å²) in [6.07, 6.45) is 0. The summed E-state index contributed by atoms with van der Waals surface area (Å²) in [6, 6.07) is 22.8. The average Bonchev–Trinajstić information content (AvgIpc) is 2.94. The van der Waals surface area contributed by atoms with Crippen molar-refractivity contribution in [2.75, 3.05) is 45.9 Å². The summed E-state index contributed by atoms with van der Waals surface area (Å²) in [5.41, 5.74) is 2.19. The van der Waals surface area contributed by atoms with E-state index in [-0.39, 0.29) is 31.4 Å². The molecule has 0 unspecified atom stereocenters. The van der Waals surface area contributed by atoms with E-state index in [1.54, 1.807) is 19.1 Å². The van der Waals surface area contributed by atoms with Gasteiger partial charge in [0.1, 0.15) is 24.7 Å². The first kappa shape index (κ1) is 27.6. The quantitative estimate of drug-likeness (QED) is 0.242. The summed E-state index contributed by atoms with van der Waals surface area (Å²) in [5.74, 6) is 0.931. The van der Waals surface area contributed by atoms with Crippen molar-refractivity contribution in [1.82, 2.24) is 9.80 Å². The molecule has 38 heavy (non-hydrogen) atoms. The van der Waals surface area contributed by atoms with Gasteiger partial charge in [-0.15, -0.1) is 0 Å². The number of esters is 1. The topological polar surface area (TPSA) is 68.3 Å². The van der Waals surface area contributed by atoms with Crippen molar-refractivity contribution >= 4 is 23.4 Å². The van der Waals surface area contributed by atoms with Gasteiger partial charge in [-0.25, -0.2) is 0 Å². The Balaban J connectivity index is 1.44. The molecule has 0 aromatic heterocycles. The first-order valence-electron chi connectivity index (χ1n) is 12.8. The second-order valence-corrected chi connectivity index (χ2v) is 9.50. The van der Waals surface area contributed by atoms with Crippen molar-refractivity contribution in [2.24, 2.45) is 0 Å². The van der Waals surface area contributed by atoms with E-state index >= 15 is 0 Å². The van der Waals surface area contributed by atoms with Crippen LogP contribution in [0.2, 0.25) is 5.02 Å². The van der Waals surface area contributed by atoms with Crippen LogP contribution < -0.4 is 9.47 Å². The van der Waals surface area contributed by atoms with Crippen LogP contribution in [0.5, 0.6) is 11.5 Å². The molecule has 0 spiro atoms. The van der Waals surface area contributed by atoms with Gasteiger partial charge in [0.2, 0.25) is 0 Å². The summed E-state index contributed by atoms with van der Waals surface area (Å²) in [5, 5.41) is 0.454. The summed E-state index contributed by atoms with van der Waals surface area (Å²) < 4.78 is 17.1. The maximum atomic E-state index is 13.4. The second kappa shape index (κ2) is 14.0. The Bertz CT molecular complexity index is 1200. The number of carbonyl (C=O) groups excluding carboxylic acids is 2. The van der Waals surface area contributed by atoms with Gasteiger partial charge in [-0.3, -0.25) is 19.4 Å². The molecular weight excluding hydrogens is 504 g/mol. The molecule has 1 aliphatic rings. The zero-order chi connectivity index (χ0) is 26.7. The highest BCUT2D eigenvalue weighted by atomic mass is 35.5. The Labute approximate surface area is 228 Å². The van der Waals surface area contributed by atoms with Gasteiger partial charge in [-0.1, -0.05) is 60.1 Å². The Morgan fingerprint density at radius 2 is 1.45 bits per heavy atom. The Kier molecular flexibility index (Phi) is 10.1. The number of rotatable bonds is 12. The SMILES string of the molecule is CCOC(=O)CN1CCN(CC(=O)c2cc(Cl)c(COc3ccccc3)cc2OCc2ccccc2)CC1. The third-order valence-corrected chi connectivity index (χ3v) is 6.67. The summed E-state index contributed by atoms with van der Waals surface area (Å²) >= 11 is 6.61. The second-order valence-electron chi connectivity index (χ2n) is 9.10. The van der Waals surface area contributed by atoms with E-state index < -0.39 is 0 Å². The number of carbonyl (C=O) groups is 2. The Morgan fingerprint density at radius 3 is 2.11 bits per heavy atom. The smallest absolute Gasteiger partial charge is 0.320 e. The van der Waals surface area contributed by atoms with E-state index in [1.807, 2.05) is 65.6 Å². The Morgan fingerprint density at radius 1 is 0.816 bits per heavy atom. The van der Waals surface area contributed by atoms with Crippen LogP contribution in [0.3, 0.4) is 0 Å². The van der Waals surface area contributed by atoms with E-state index in [1.165, 1.54) is 0 Å². The molecule has 0 amide bonds. The number of ketones is 1. The lowest BCUT2D eigenvalue weighted by Gasteiger charge is -2.33. The molecule has 7 nitrogen and oxygen atoms in total. The average molecular weight is 537 g/mol. The van der Waals surface area contributed by atoms with E-state index in [0.717, 1.165) is 16.9 Å². The number of nitrogens with zero attached hydrogens (tertiary/aromatic N) is 2. The van der Waals surface area contributed by atoms with Gasteiger partial charge in [0.15, 0.2) is 5.78 Å². The third-order valence-electron chi connectivity index (χ3n) is 6.31. The molecule has 0 bridgehead atoms. The van der Waals surface area contributed by atoms with Crippen LogP contribution in [-0.2, 0) is 22.7 Å². The lowest BCUT2D eigenvalue weighted by molar-refractivity contribution is -0.144. The predicted molar refractivity (Wildman–Crippen MR) is 147 cm³/mol. The summed E-state index contributed by atoms with van der Waals surface area (Å²) in [6.45, 7) is 6.02. The largest absolute Gasteiger partial charge is 0.489 e. The molecule has 1 fully saturated rings. The minimum Gasteiger partial charge on any atom is -0.489 e. The molecule has 0 N–H and O–H groups in total. The third kappa shape index (κ3) is 8.05. The highest BCUT2D eigenvalue weighted by Crippen LogP contribution is 2.30. The van der Waals surface area contributed by atoms with Gasteiger partial charge in [0, 0.05) is 36.8 Å². The summed E-state index contributed by atoms with van der Waals surface area (Å²) in [4.78, 5) is 29.3. The molecule has 0 aliphatic carbocycles. The van der Waals surface area contributed by atoms with Gasteiger partial charge >= 0.3 is 5.97 Å². The standard InChI is InChI=1S/C30H33ClN2O5/c1-2-36-30(35)20-33-15-13-32(14-16-33)19-28(34)26-18-27(31)24(22-37-25-11-7-4-8-12-25)17-29(26)38-21-23-9-5-3-6-10-23/h3-12,17-18H,2,13-16,19-22H2,1H3. The van der Waals surface area contributed by atoms with E-state index in [9.17, 15) is 9.59 Å². The van der Waals surface area contributed by atoms with Crippen LogP contribution in [0.4, 0.5) is 0 Å². The minimum atomic E-state index is -0.219. The molecule has 1 heterocycles. The van der Waals surface area contributed by atoms with E-state index in [4.69, 9.17) is 25.8 Å². The molecule has 1 aliphatic heterocycles. The van der Waals surface area contributed by atoms with Crippen LogP contribution >= 0.6 is 11.6 Å². The van der Waals surface area contributed by atoms with Crippen LogP contribution in [0.15, 0.2) is 72.8 Å². The van der Waals surface area contributed by atoms with Crippen molar-refractivity contribution in [3.8, 4) is 11.5 Å². The van der Waals surface area contributed by atoms with E-state index in [0.29, 0.717) is 55.7 Å². The maximum absolute atomic E-state index is 13.4. The van der Waals surface area contributed by atoms with Crippen LogP contribution in [0.25, 0.3) is 0 Å². The Hall–Kier alpha value is -3.39. The molecule has 4 rings (SSSR count). The minimum absolute atomic E-state index is 0.0654. The lowest BCUT2D eigenvalue weighted by atomic mass is 10.1. The number of para-hydroxylation sites is 1. The van der Waals surface area contributed by atoms with Gasteiger partial charge in [-0.2, -0.15) is 0 Å². The van der Waals surface area contributed by atoms with Crippen LogP contribution in [0.1, 0.15) is 28.4 Å². The van der Waals surface area contributed by atoms with Gasteiger partial charge in [-0.05, 0) is 36.8 Å². The molecule has 3 aromatic carbocycles. The zero-order valence-electron chi connectivity index (χ0n) is 21.6. The van der Waals surface area contributed by atoms with Crippen molar-refractivity contribution in [3.05, 3.63) is 94.5 Å². The van der Waals surface area contributed by atoms with Crippen LogP contribution in [-0.4, -0.2) is 67.4 Å². The molecule has 1 saturated heterocycles. The molecule has 0 radical (unpaired) electrons. The predicted octanol–water partition coefficient (Wildman–Crippen LogP) is 4.86. The fraction of sp³-hybridized carbons (Fsp3) is 0.333. The summed E-state index contributed by atoms with van der Waals surface area (Å²) in [7, 11) is 0. The van der Waals surface area contributed by atoms with Crippen LogP contribution in [0, 0.1) is 0 Å². The first-order chi connectivity index (χ1) is 18.5. The number of piperazine rings is 1. The molecular formula is C30H33ClN2O5. The molecule has 8 heteroatoms. The number of hydrogen-bond acceptors (Lipinski definition) is 7. The van der Waals surface area contributed by atoms with Gasteiger partial charge < -0.3 is 14.2 Å². The fourth-order valence-corrected chi connectivity index (χ4v) is 4.46. The van der Waals surface area contributed by atoms with E-state index in [2.05, 4.69) is 4.90 Å². The van der Waals surface area contributed by atoms with Crippen molar-refractivity contribution in [2.45, 2.75) is 20.1 Å². The first-order valence-corrected chi connectivity index (χ1v) is 13.2. The number of halogens is 1. The lowest BCUT2D eigenvalue weighted by Crippen LogP contribution is -2.49. The van der Waals surface area contributed by atoms with Crippen molar-refractivity contribution in [3.63, 3.8) is 0 Å². The van der Waals surface area contributed by atoms with Gasteiger partial charge in [0.25, 0.3) is 0 Å². The molecule has 3 aromatic rings. The number of ether oxygens (including phenoxy) is 3. The van der Waals surface area contributed by atoms with Gasteiger partial charge in [0.05, 0.1) is 25.3 Å². The fourth-order valence-electron chi connectivity index (χ4n) is 4.24. The number of hydrogen-bond donors (Lipinski definition) is 0. The normalized spacial score (nSPS) is 14.2. The van der Waals surface area contributed by atoms with Crippen molar-refractivity contribution < 1.29 is 23.8 Å². The zero-order valence-corrected chi connectivity index (χ0v) is 22.4.